The van der Waals surface area contributed by atoms with Gasteiger partial charge in [0.25, 0.3) is 0 Å². The highest BCUT2D eigenvalue weighted by Gasteiger charge is 2.06. The summed E-state index contributed by atoms with van der Waals surface area (Å²) in [6.07, 6.45) is 0. The van der Waals surface area contributed by atoms with Gasteiger partial charge in [-0.2, -0.15) is 0 Å². The fourth-order valence-electron chi connectivity index (χ4n) is 1.39. The Morgan fingerprint density at radius 1 is 1.40 bits per heavy atom. The summed E-state index contributed by atoms with van der Waals surface area (Å²) in [6.45, 7) is 4.08. The molecular weight excluding hydrogens is 228 g/mol. The van der Waals surface area contributed by atoms with Crippen LogP contribution in [0.4, 0.5) is 0 Å². The molecule has 1 N–H and O–H groups in total. The minimum absolute atomic E-state index is 0. The van der Waals surface area contributed by atoms with Gasteiger partial charge in [0, 0.05) is 12.3 Å². The maximum Gasteiger partial charge on any atom is 0.157 e. The normalized spacial score (nSPS) is 14.1. The summed E-state index contributed by atoms with van der Waals surface area (Å²) in [5.41, 5.74) is 2.76. The molecule has 0 radical (unpaired) electrons. The van der Waals surface area contributed by atoms with Crippen LogP contribution in [0.3, 0.4) is 0 Å². The summed E-state index contributed by atoms with van der Waals surface area (Å²) in [5.74, 6) is 1.01. The van der Waals surface area contributed by atoms with Crippen molar-refractivity contribution in [2.24, 2.45) is 4.99 Å². The Hall–Kier alpha value is -0.670. The molecule has 0 aromatic heterocycles. The lowest BCUT2D eigenvalue weighted by Gasteiger charge is -2.04. The van der Waals surface area contributed by atoms with Gasteiger partial charge in [0.15, 0.2) is 5.17 Å². The fraction of sp³-hybridized carbons (Fsp3) is 0.364. The Morgan fingerprint density at radius 3 is 2.87 bits per heavy atom. The number of rotatable bonds is 2. The van der Waals surface area contributed by atoms with Crippen molar-refractivity contribution >= 4 is 29.3 Å². The molecular formula is C11H15ClN2S. The number of hydrogen-bond donors (Lipinski definition) is 1. The second kappa shape index (κ2) is 6.03. The van der Waals surface area contributed by atoms with E-state index in [-0.39, 0.29) is 12.4 Å². The molecule has 0 bridgehead atoms. The van der Waals surface area contributed by atoms with E-state index >= 15 is 0 Å². The lowest BCUT2D eigenvalue weighted by molar-refractivity contribution is 0.963. The Morgan fingerprint density at radius 2 is 2.20 bits per heavy atom. The van der Waals surface area contributed by atoms with Crippen LogP contribution in [-0.2, 0) is 5.75 Å². The van der Waals surface area contributed by atoms with Gasteiger partial charge >= 0.3 is 0 Å². The first kappa shape index (κ1) is 12.4. The van der Waals surface area contributed by atoms with Crippen molar-refractivity contribution in [3.05, 3.63) is 35.4 Å². The van der Waals surface area contributed by atoms with Crippen LogP contribution < -0.4 is 5.32 Å². The molecule has 0 unspecified atom stereocenters. The van der Waals surface area contributed by atoms with Gasteiger partial charge in [-0.15, -0.1) is 12.4 Å². The molecule has 1 aliphatic rings. The van der Waals surface area contributed by atoms with Gasteiger partial charge < -0.3 is 5.32 Å². The molecule has 1 aromatic carbocycles. The van der Waals surface area contributed by atoms with E-state index in [0.717, 1.165) is 24.0 Å². The van der Waals surface area contributed by atoms with Gasteiger partial charge in [-0.1, -0.05) is 36.0 Å². The average Bonchev–Trinajstić information content (AvgIpc) is 2.69. The SMILES string of the molecule is Cc1ccccc1CSC1=NCCN1.Cl. The zero-order valence-electron chi connectivity index (χ0n) is 8.69. The van der Waals surface area contributed by atoms with Gasteiger partial charge in [0.05, 0.1) is 6.54 Å². The monoisotopic (exact) mass is 242 g/mol. The Balaban J connectivity index is 0.00000112. The highest BCUT2D eigenvalue weighted by Crippen LogP contribution is 2.17. The van der Waals surface area contributed by atoms with Gasteiger partial charge in [-0.3, -0.25) is 4.99 Å². The summed E-state index contributed by atoms with van der Waals surface area (Å²) < 4.78 is 0. The second-order valence-electron chi connectivity index (χ2n) is 3.33. The van der Waals surface area contributed by atoms with Crippen LogP contribution in [0.25, 0.3) is 0 Å². The third-order valence-electron chi connectivity index (χ3n) is 2.27. The standard InChI is InChI=1S/C11H14N2S.ClH/c1-9-4-2-3-5-10(9)8-14-11-12-6-7-13-11;/h2-5H,6-8H2,1H3,(H,12,13);1H. The molecule has 0 saturated carbocycles. The summed E-state index contributed by atoms with van der Waals surface area (Å²) in [5, 5.41) is 4.35. The Bertz CT molecular complexity index is 352. The molecule has 1 aliphatic heterocycles. The van der Waals surface area contributed by atoms with Crippen LogP contribution >= 0.6 is 24.2 Å². The number of aryl methyl sites for hydroxylation is 1. The maximum absolute atomic E-state index is 4.35. The van der Waals surface area contributed by atoms with Crippen molar-refractivity contribution in [3.63, 3.8) is 0 Å². The van der Waals surface area contributed by atoms with E-state index in [4.69, 9.17) is 0 Å². The van der Waals surface area contributed by atoms with Crippen LogP contribution in [-0.4, -0.2) is 18.3 Å². The molecule has 1 heterocycles. The third kappa shape index (κ3) is 3.43. The first-order chi connectivity index (χ1) is 6.86. The number of nitrogens with one attached hydrogen (secondary N) is 1. The van der Waals surface area contributed by atoms with Crippen molar-refractivity contribution in [1.82, 2.24) is 5.32 Å². The summed E-state index contributed by atoms with van der Waals surface area (Å²) in [7, 11) is 0. The van der Waals surface area contributed by atoms with Crippen molar-refractivity contribution in [3.8, 4) is 0 Å². The van der Waals surface area contributed by atoms with Crippen LogP contribution in [0.5, 0.6) is 0 Å². The third-order valence-corrected chi connectivity index (χ3v) is 3.27. The Labute approximate surface area is 101 Å². The van der Waals surface area contributed by atoms with Crippen LogP contribution in [0.2, 0.25) is 0 Å². The number of nitrogens with zero attached hydrogens (tertiary/aromatic N) is 1. The van der Waals surface area contributed by atoms with E-state index in [1.807, 2.05) is 0 Å². The molecule has 0 amide bonds. The molecule has 2 rings (SSSR count). The molecule has 15 heavy (non-hydrogen) atoms. The van der Waals surface area contributed by atoms with E-state index in [0.29, 0.717) is 0 Å². The zero-order valence-corrected chi connectivity index (χ0v) is 10.3. The number of thioether (sulfide) groups is 1. The van der Waals surface area contributed by atoms with Crippen LogP contribution in [0, 0.1) is 6.92 Å². The number of benzene rings is 1. The maximum atomic E-state index is 4.35. The number of halogens is 1. The lowest BCUT2D eigenvalue weighted by Crippen LogP contribution is -2.15. The lowest BCUT2D eigenvalue weighted by atomic mass is 10.1. The molecule has 0 aliphatic carbocycles. The molecule has 2 nitrogen and oxygen atoms in total. The predicted molar refractivity (Wildman–Crippen MR) is 70.0 cm³/mol. The van der Waals surface area contributed by atoms with E-state index in [2.05, 4.69) is 41.5 Å². The van der Waals surface area contributed by atoms with E-state index in [9.17, 15) is 0 Å². The van der Waals surface area contributed by atoms with Crippen LogP contribution in [0.15, 0.2) is 29.3 Å². The zero-order chi connectivity index (χ0) is 9.80. The highest BCUT2D eigenvalue weighted by atomic mass is 35.5. The van der Waals surface area contributed by atoms with Crippen molar-refractivity contribution in [1.29, 1.82) is 0 Å². The van der Waals surface area contributed by atoms with Gasteiger partial charge in [-0.25, -0.2) is 0 Å². The topological polar surface area (TPSA) is 24.4 Å². The molecule has 4 heteroatoms. The van der Waals surface area contributed by atoms with Gasteiger partial charge in [0.1, 0.15) is 0 Å². The molecule has 0 saturated heterocycles. The van der Waals surface area contributed by atoms with E-state index in [1.165, 1.54) is 11.1 Å². The number of amidine groups is 1. The minimum atomic E-state index is 0. The summed E-state index contributed by atoms with van der Waals surface area (Å²) in [4.78, 5) is 4.35. The first-order valence-corrected chi connectivity index (χ1v) is 5.80. The molecule has 0 spiro atoms. The average molecular weight is 243 g/mol. The summed E-state index contributed by atoms with van der Waals surface area (Å²) in [6, 6.07) is 8.50. The first-order valence-electron chi connectivity index (χ1n) is 4.82. The molecule has 0 fully saturated rings. The van der Waals surface area contributed by atoms with E-state index in [1.54, 1.807) is 11.8 Å². The minimum Gasteiger partial charge on any atom is -0.363 e. The van der Waals surface area contributed by atoms with E-state index < -0.39 is 0 Å². The quantitative estimate of drug-likeness (QED) is 0.862. The molecule has 0 atom stereocenters. The van der Waals surface area contributed by atoms with Crippen molar-refractivity contribution < 1.29 is 0 Å². The molecule has 1 aromatic rings. The second-order valence-corrected chi connectivity index (χ2v) is 4.29. The van der Waals surface area contributed by atoms with Gasteiger partial charge in [0.2, 0.25) is 0 Å². The number of hydrogen-bond acceptors (Lipinski definition) is 3. The van der Waals surface area contributed by atoms with Crippen molar-refractivity contribution in [2.75, 3.05) is 13.1 Å². The predicted octanol–water partition coefficient (Wildman–Crippen LogP) is 2.61. The van der Waals surface area contributed by atoms with Gasteiger partial charge in [-0.05, 0) is 18.1 Å². The highest BCUT2D eigenvalue weighted by molar-refractivity contribution is 8.13. The largest absolute Gasteiger partial charge is 0.363 e. The van der Waals surface area contributed by atoms with Crippen molar-refractivity contribution in [2.45, 2.75) is 12.7 Å². The fourth-order valence-corrected chi connectivity index (χ4v) is 2.39. The van der Waals surface area contributed by atoms with Crippen LogP contribution in [0.1, 0.15) is 11.1 Å². The molecule has 82 valence electrons. The Kier molecular flexibility index (Phi) is 4.99. The number of aliphatic imine (C=N–C) groups is 1. The smallest absolute Gasteiger partial charge is 0.157 e. The summed E-state index contributed by atoms with van der Waals surface area (Å²) >= 11 is 1.79.